The normalized spacial score (nSPS) is 15.4. The van der Waals surface area contributed by atoms with E-state index in [-0.39, 0.29) is 17.7 Å². The van der Waals surface area contributed by atoms with E-state index in [1.807, 2.05) is 0 Å². The Morgan fingerprint density at radius 2 is 2.05 bits per heavy atom. The molecule has 1 unspecified atom stereocenters. The summed E-state index contributed by atoms with van der Waals surface area (Å²) in [7, 11) is 0. The SMILES string of the molecule is CC(Cc1cc(C(F)F)cc2c1OCCO2)C(=O)O. The molecule has 0 spiro atoms. The van der Waals surface area contributed by atoms with E-state index in [0.29, 0.717) is 24.5 Å². The van der Waals surface area contributed by atoms with Crippen LogP contribution in [0.4, 0.5) is 8.78 Å². The van der Waals surface area contributed by atoms with Crippen LogP contribution in [-0.2, 0) is 11.2 Å². The number of rotatable bonds is 4. The highest BCUT2D eigenvalue weighted by Gasteiger charge is 2.23. The predicted octanol–water partition coefficient (Wildman–Crippen LogP) is 2.66. The summed E-state index contributed by atoms with van der Waals surface area (Å²) >= 11 is 0. The molecule has 0 aliphatic carbocycles. The van der Waals surface area contributed by atoms with Gasteiger partial charge < -0.3 is 14.6 Å². The van der Waals surface area contributed by atoms with E-state index in [1.165, 1.54) is 19.1 Å². The molecular formula is C13H14F2O4. The van der Waals surface area contributed by atoms with E-state index >= 15 is 0 Å². The van der Waals surface area contributed by atoms with Gasteiger partial charge in [-0.1, -0.05) is 6.92 Å². The fraction of sp³-hybridized carbons (Fsp3) is 0.462. The number of fused-ring (bicyclic) bond motifs is 1. The molecule has 2 rings (SSSR count). The molecule has 19 heavy (non-hydrogen) atoms. The van der Waals surface area contributed by atoms with Crippen molar-refractivity contribution in [3.63, 3.8) is 0 Å². The van der Waals surface area contributed by atoms with E-state index in [4.69, 9.17) is 14.6 Å². The lowest BCUT2D eigenvalue weighted by molar-refractivity contribution is -0.141. The Labute approximate surface area is 108 Å². The molecule has 1 aromatic carbocycles. The molecule has 1 atom stereocenters. The average Bonchev–Trinajstić information content (AvgIpc) is 2.38. The van der Waals surface area contributed by atoms with Gasteiger partial charge in [0.1, 0.15) is 13.2 Å². The zero-order chi connectivity index (χ0) is 14.0. The molecule has 4 nitrogen and oxygen atoms in total. The second-order valence-electron chi connectivity index (χ2n) is 4.45. The molecule has 1 N–H and O–H groups in total. The largest absolute Gasteiger partial charge is 0.486 e. The quantitative estimate of drug-likeness (QED) is 0.915. The molecule has 0 saturated heterocycles. The molecule has 0 aromatic heterocycles. The maximum absolute atomic E-state index is 12.8. The van der Waals surface area contributed by atoms with Crippen molar-refractivity contribution in [3.05, 3.63) is 23.3 Å². The minimum Gasteiger partial charge on any atom is -0.486 e. The highest BCUT2D eigenvalue weighted by Crippen LogP contribution is 2.38. The molecule has 1 aromatic rings. The summed E-state index contributed by atoms with van der Waals surface area (Å²) in [6, 6.07) is 2.53. The number of carboxylic acid groups (broad SMARTS) is 1. The van der Waals surface area contributed by atoms with Crippen LogP contribution in [0.15, 0.2) is 12.1 Å². The standard InChI is InChI=1S/C13H14F2O4/c1-7(13(16)17)4-8-5-9(12(14)15)6-10-11(8)19-3-2-18-10/h5-7,12H,2-4H2,1H3,(H,16,17). The molecule has 1 aliphatic heterocycles. The Balaban J connectivity index is 2.39. The molecule has 104 valence electrons. The van der Waals surface area contributed by atoms with Crippen molar-refractivity contribution >= 4 is 5.97 Å². The van der Waals surface area contributed by atoms with Crippen LogP contribution in [0.2, 0.25) is 0 Å². The molecule has 0 radical (unpaired) electrons. The van der Waals surface area contributed by atoms with Gasteiger partial charge in [-0.25, -0.2) is 8.78 Å². The summed E-state index contributed by atoms with van der Waals surface area (Å²) in [5.41, 5.74) is 0.263. The number of benzene rings is 1. The maximum atomic E-state index is 12.8. The number of hydrogen-bond donors (Lipinski definition) is 1. The van der Waals surface area contributed by atoms with E-state index in [0.717, 1.165) is 0 Å². The van der Waals surface area contributed by atoms with Crippen LogP contribution >= 0.6 is 0 Å². The number of carbonyl (C=O) groups is 1. The first-order valence-electron chi connectivity index (χ1n) is 5.92. The lowest BCUT2D eigenvalue weighted by Crippen LogP contribution is -2.19. The van der Waals surface area contributed by atoms with E-state index in [1.54, 1.807) is 0 Å². The van der Waals surface area contributed by atoms with Crippen molar-refractivity contribution in [3.8, 4) is 11.5 Å². The Morgan fingerprint density at radius 3 is 2.68 bits per heavy atom. The van der Waals surface area contributed by atoms with Gasteiger partial charge >= 0.3 is 5.97 Å². The minimum atomic E-state index is -2.63. The van der Waals surface area contributed by atoms with Crippen LogP contribution in [0.5, 0.6) is 11.5 Å². The summed E-state index contributed by atoms with van der Waals surface area (Å²) in [5, 5.41) is 8.91. The zero-order valence-corrected chi connectivity index (χ0v) is 10.4. The first-order valence-corrected chi connectivity index (χ1v) is 5.92. The fourth-order valence-electron chi connectivity index (χ4n) is 1.94. The topological polar surface area (TPSA) is 55.8 Å². The molecule has 0 fully saturated rings. The van der Waals surface area contributed by atoms with E-state index in [2.05, 4.69) is 0 Å². The van der Waals surface area contributed by atoms with Crippen molar-refractivity contribution in [2.45, 2.75) is 19.8 Å². The van der Waals surface area contributed by atoms with Gasteiger partial charge in [0.25, 0.3) is 6.43 Å². The van der Waals surface area contributed by atoms with Crippen molar-refractivity contribution in [2.24, 2.45) is 5.92 Å². The third-order valence-corrected chi connectivity index (χ3v) is 2.94. The van der Waals surface area contributed by atoms with Crippen LogP contribution in [0.25, 0.3) is 0 Å². The first-order chi connectivity index (χ1) is 8.99. The Morgan fingerprint density at radius 1 is 1.37 bits per heavy atom. The summed E-state index contributed by atoms with van der Waals surface area (Å²) in [6.45, 7) is 2.15. The average molecular weight is 272 g/mol. The number of aliphatic carboxylic acids is 1. The van der Waals surface area contributed by atoms with Crippen molar-refractivity contribution in [1.82, 2.24) is 0 Å². The number of alkyl halides is 2. The highest BCUT2D eigenvalue weighted by atomic mass is 19.3. The summed E-state index contributed by atoms with van der Waals surface area (Å²) in [4.78, 5) is 10.9. The molecular weight excluding hydrogens is 258 g/mol. The van der Waals surface area contributed by atoms with E-state index < -0.39 is 18.3 Å². The zero-order valence-electron chi connectivity index (χ0n) is 10.4. The highest BCUT2D eigenvalue weighted by molar-refractivity contribution is 5.70. The number of ether oxygens (including phenoxy) is 2. The number of hydrogen-bond acceptors (Lipinski definition) is 3. The van der Waals surface area contributed by atoms with Crippen molar-refractivity contribution < 1.29 is 28.2 Å². The third-order valence-electron chi connectivity index (χ3n) is 2.94. The van der Waals surface area contributed by atoms with Crippen LogP contribution < -0.4 is 9.47 Å². The van der Waals surface area contributed by atoms with Crippen LogP contribution in [0.1, 0.15) is 24.5 Å². The smallest absolute Gasteiger partial charge is 0.306 e. The molecule has 0 saturated carbocycles. The van der Waals surface area contributed by atoms with Gasteiger partial charge in [0.2, 0.25) is 0 Å². The monoisotopic (exact) mass is 272 g/mol. The first kappa shape index (κ1) is 13.6. The fourth-order valence-corrected chi connectivity index (χ4v) is 1.94. The van der Waals surface area contributed by atoms with Gasteiger partial charge in [0, 0.05) is 5.56 Å². The second-order valence-corrected chi connectivity index (χ2v) is 4.45. The van der Waals surface area contributed by atoms with Crippen LogP contribution in [-0.4, -0.2) is 24.3 Å². The molecule has 1 heterocycles. The van der Waals surface area contributed by atoms with Crippen molar-refractivity contribution in [2.75, 3.05) is 13.2 Å². The second kappa shape index (κ2) is 5.42. The summed E-state index contributed by atoms with van der Waals surface area (Å²) in [5.74, 6) is -1.02. The Bertz CT molecular complexity index is 488. The van der Waals surface area contributed by atoms with Crippen LogP contribution in [0.3, 0.4) is 0 Å². The number of carboxylic acids is 1. The van der Waals surface area contributed by atoms with Gasteiger partial charge in [-0.15, -0.1) is 0 Å². The summed E-state index contributed by atoms with van der Waals surface area (Å²) < 4.78 is 36.3. The molecule has 0 bridgehead atoms. The van der Waals surface area contributed by atoms with Gasteiger partial charge in [-0.2, -0.15) is 0 Å². The Hall–Kier alpha value is -1.85. The Kier molecular flexibility index (Phi) is 3.87. The lowest BCUT2D eigenvalue weighted by Gasteiger charge is -2.23. The van der Waals surface area contributed by atoms with Gasteiger partial charge in [-0.3, -0.25) is 4.79 Å². The van der Waals surface area contributed by atoms with Gasteiger partial charge in [0.05, 0.1) is 5.92 Å². The maximum Gasteiger partial charge on any atom is 0.306 e. The predicted molar refractivity (Wildman–Crippen MR) is 62.9 cm³/mol. The van der Waals surface area contributed by atoms with E-state index in [9.17, 15) is 13.6 Å². The summed E-state index contributed by atoms with van der Waals surface area (Å²) in [6.07, 6.45) is -2.50. The van der Waals surface area contributed by atoms with Crippen molar-refractivity contribution in [1.29, 1.82) is 0 Å². The molecule has 0 amide bonds. The van der Waals surface area contributed by atoms with Gasteiger partial charge in [0.15, 0.2) is 11.5 Å². The third kappa shape index (κ3) is 2.94. The van der Waals surface area contributed by atoms with Crippen LogP contribution in [0, 0.1) is 5.92 Å². The lowest BCUT2D eigenvalue weighted by atomic mass is 9.98. The molecule has 1 aliphatic rings. The minimum absolute atomic E-state index is 0.127. The number of halogens is 2. The van der Waals surface area contributed by atoms with Gasteiger partial charge in [-0.05, 0) is 24.1 Å². The molecule has 6 heteroatoms.